The van der Waals surface area contributed by atoms with Crippen molar-refractivity contribution in [3.63, 3.8) is 0 Å². The van der Waals surface area contributed by atoms with E-state index < -0.39 is 0 Å². The van der Waals surface area contributed by atoms with Gasteiger partial charge in [-0.3, -0.25) is 0 Å². The molecule has 3 rings (SSSR count). The van der Waals surface area contributed by atoms with Crippen molar-refractivity contribution in [2.45, 2.75) is 19.4 Å². The second-order valence-electron chi connectivity index (χ2n) is 4.88. The average Bonchev–Trinajstić information content (AvgIpc) is 2.88. The largest absolute Gasteiger partial charge is 0.508 e. The predicted octanol–water partition coefficient (Wildman–Crippen LogP) is 3.50. The van der Waals surface area contributed by atoms with Crippen molar-refractivity contribution in [2.75, 3.05) is 11.9 Å². The topological polar surface area (TPSA) is 41.5 Å². The molecule has 0 saturated heterocycles. The van der Waals surface area contributed by atoms with E-state index in [-0.39, 0.29) is 11.8 Å². The molecule has 0 amide bonds. The van der Waals surface area contributed by atoms with Crippen molar-refractivity contribution < 1.29 is 9.84 Å². The first kappa shape index (κ1) is 11.9. The van der Waals surface area contributed by atoms with Crippen LogP contribution in [0.25, 0.3) is 0 Å². The lowest BCUT2D eigenvalue weighted by Crippen LogP contribution is -2.06. The Morgan fingerprint density at radius 1 is 1.16 bits per heavy atom. The first-order valence-corrected chi connectivity index (χ1v) is 6.53. The van der Waals surface area contributed by atoms with E-state index in [2.05, 4.69) is 24.4 Å². The average molecular weight is 255 g/mol. The van der Waals surface area contributed by atoms with Crippen molar-refractivity contribution in [1.82, 2.24) is 0 Å². The molecule has 0 aromatic heterocycles. The van der Waals surface area contributed by atoms with Crippen LogP contribution in [-0.4, -0.2) is 11.7 Å². The second-order valence-corrected chi connectivity index (χ2v) is 4.88. The number of phenolic OH excluding ortho intramolecular Hbond substituents is 1. The third kappa shape index (κ3) is 2.50. The standard InChI is InChI=1S/C16H17NO2/c1-11(17-14-3-5-15(18)6-4-14)12-2-7-16-13(10-12)8-9-19-16/h2-7,10-11,17-18H,8-9H2,1H3. The number of hydrogen-bond donors (Lipinski definition) is 2. The molecule has 0 spiro atoms. The summed E-state index contributed by atoms with van der Waals surface area (Å²) in [6, 6.07) is 13.7. The highest BCUT2D eigenvalue weighted by Gasteiger charge is 2.14. The second kappa shape index (κ2) is 4.84. The van der Waals surface area contributed by atoms with Gasteiger partial charge in [0.1, 0.15) is 11.5 Å². The zero-order chi connectivity index (χ0) is 13.2. The molecule has 0 fully saturated rings. The van der Waals surface area contributed by atoms with Gasteiger partial charge in [-0.2, -0.15) is 0 Å². The van der Waals surface area contributed by atoms with Gasteiger partial charge in [0.25, 0.3) is 0 Å². The molecule has 98 valence electrons. The summed E-state index contributed by atoms with van der Waals surface area (Å²) >= 11 is 0. The summed E-state index contributed by atoms with van der Waals surface area (Å²) in [5, 5.41) is 12.7. The monoisotopic (exact) mass is 255 g/mol. The molecule has 0 bridgehead atoms. The highest BCUT2D eigenvalue weighted by molar-refractivity contribution is 5.49. The van der Waals surface area contributed by atoms with Crippen molar-refractivity contribution in [3.8, 4) is 11.5 Å². The van der Waals surface area contributed by atoms with Crippen molar-refractivity contribution in [1.29, 1.82) is 0 Å². The van der Waals surface area contributed by atoms with E-state index in [1.807, 2.05) is 18.2 Å². The first-order valence-electron chi connectivity index (χ1n) is 6.53. The van der Waals surface area contributed by atoms with Gasteiger partial charge >= 0.3 is 0 Å². The van der Waals surface area contributed by atoms with E-state index in [1.54, 1.807) is 12.1 Å². The number of aromatic hydroxyl groups is 1. The minimum Gasteiger partial charge on any atom is -0.508 e. The molecule has 0 radical (unpaired) electrons. The fourth-order valence-corrected chi connectivity index (χ4v) is 2.37. The maximum atomic E-state index is 9.27. The van der Waals surface area contributed by atoms with Crippen LogP contribution in [-0.2, 0) is 6.42 Å². The Kier molecular flexibility index (Phi) is 3.03. The highest BCUT2D eigenvalue weighted by Crippen LogP contribution is 2.29. The highest BCUT2D eigenvalue weighted by atomic mass is 16.5. The summed E-state index contributed by atoms with van der Waals surface area (Å²) in [4.78, 5) is 0. The van der Waals surface area contributed by atoms with Gasteiger partial charge < -0.3 is 15.2 Å². The zero-order valence-electron chi connectivity index (χ0n) is 10.9. The molecule has 1 aliphatic rings. The third-order valence-electron chi connectivity index (χ3n) is 3.46. The Bertz CT molecular complexity index is 578. The molecule has 1 aliphatic heterocycles. The summed E-state index contributed by atoms with van der Waals surface area (Å²) in [6.07, 6.45) is 0.995. The van der Waals surface area contributed by atoms with Crippen LogP contribution in [0.5, 0.6) is 11.5 Å². The Morgan fingerprint density at radius 2 is 1.95 bits per heavy atom. The number of nitrogens with one attached hydrogen (secondary N) is 1. The maximum absolute atomic E-state index is 9.27. The number of ether oxygens (including phenoxy) is 1. The number of rotatable bonds is 3. The summed E-state index contributed by atoms with van der Waals surface area (Å²) in [6.45, 7) is 2.92. The summed E-state index contributed by atoms with van der Waals surface area (Å²) < 4.78 is 5.52. The van der Waals surface area contributed by atoms with Gasteiger partial charge in [0, 0.05) is 18.2 Å². The number of phenols is 1. The number of anilines is 1. The van der Waals surface area contributed by atoms with Gasteiger partial charge in [-0.25, -0.2) is 0 Å². The van der Waals surface area contributed by atoms with E-state index in [0.717, 1.165) is 24.5 Å². The van der Waals surface area contributed by atoms with E-state index in [9.17, 15) is 5.11 Å². The van der Waals surface area contributed by atoms with Crippen LogP contribution < -0.4 is 10.1 Å². The smallest absolute Gasteiger partial charge is 0.122 e. The third-order valence-corrected chi connectivity index (χ3v) is 3.46. The Hall–Kier alpha value is -2.16. The lowest BCUT2D eigenvalue weighted by Gasteiger charge is -2.16. The van der Waals surface area contributed by atoms with Crippen molar-refractivity contribution in [3.05, 3.63) is 53.6 Å². The molecular weight excluding hydrogens is 238 g/mol. The minimum absolute atomic E-state index is 0.218. The normalized spacial score (nSPS) is 14.6. The van der Waals surface area contributed by atoms with Crippen LogP contribution in [0.4, 0.5) is 5.69 Å². The lowest BCUT2D eigenvalue weighted by molar-refractivity contribution is 0.357. The van der Waals surface area contributed by atoms with E-state index in [4.69, 9.17) is 4.74 Å². The van der Waals surface area contributed by atoms with E-state index >= 15 is 0 Å². The molecule has 1 unspecified atom stereocenters. The molecule has 0 saturated carbocycles. The maximum Gasteiger partial charge on any atom is 0.122 e. The Labute approximate surface area is 112 Å². The van der Waals surface area contributed by atoms with Gasteiger partial charge in [-0.15, -0.1) is 0 Å². The lowest BCUT2D eigenvalue weighted by atomic mass is 10.0. The molecule has 1 atom stereocenters. The number of fused-ring (bicyclic) bond motifs is 1. The van der Waals surface area contributed by atoms with Gasteiger partial charge in [-0.1, -0.05) is 6.07 Å². The molecule has 2 N–H and O–H groups in total. The summed E-state index contributed by atoms with van der Waals surface area (Å²) in [5.74, 6) is 1.30. The Balaban J connectivity index is 1.76. The number of hydrogen-bond acceptors (Lipinski definition) is 3. The fraction of sp³-hybridized carbons (Fsp3) is 0.250. The van der Waals surface area contributed by atoms with Crippen molar-refractivity contribution >= 4 is 5.69 Å². The summed E-state index contributed by atoms with van der Waals surface area (Å²) in [7, 11) is 0. The van der Waals surface area contributed by atoms with Crippen LogP contribution in [0, 0.1) is 0 Å². The van der Waals surface area contributed by atoms with E-state index in [0.29, 0.717) is 0 Å². The Morgan fingerprint density at radius 3 is 2.74 bits per heavy atom. The van der Waals surface area contributed by atoms with Crippen LogP contribution in [0.15, 0.2) is 42.5 Å². The van der Waals surface area contributed by atoms with Crippen LogP contribution in [0.2, 0.25) is 0 Å². The van der Waals surface area contributed by atoms with Gasteiger partial charge in [0.05, 0.1) is 6.61 Å². The predicted molar refractivity (Wildman–Crippen MR) is 75.8 cm³/mol. The first-order chi connectivity index (χ1) is 9.22. The van der Waals surface area contributed by atoms with Gasteiger partial charge in [-0.05, 0) is 54.4 Å². The zero-order valence-corrected chi connectivity index (χ0v) is 10.9. The fourth-order valence-electron chi connectivity index (χ4n) is 2.37. The van der Waals surface area contributed by atoms with Gasteiger partial charge in [0.2, 0.25) is 0 Å². The molecule has 0 aliphatic carbocycles. The van der Waals surface area contributed by atoms with Crippen LogP contribution in [0.3, 0.4) is 0 Å². The molecule has 2 aromatic carbocycles. The van der Waals surface area contributed by atoms with Gasteiger partial charge in [0.15, 0.2) is 0 Å². The SMILES string of the molecule is CC(Nc1ccc(O)cc1)c1ccc2c(c1)CCO2. The van der Waals surface area contributed by atoms with Crippen LogP contribution >= 0.6 is 0 Å². The molecular formula is C16H17NO2. The van der Waals surface area contributed by atoms with Crippen LogP contribution in [0.1, 0.15) is 24.1 Å². The van der Waals surface area contributed by atoms with E-state index in [1.165, 1.54) is 11.1 Å². The summed E-state index contributed by atoms with van der Waals surface area (Å²) in [5.41, 5.74) is 3.54. The molecule has 3 nitrogen and oxygen atoms in total. The molecule has 3 heteroatoms. The molecule has 2 aromatic rings. The minimum atomic E-state index is 0.218. The number of benzene rings is 2. The molecule has 19 heavy (non-hydrogen) atoms. The van der Waals surface area contributed by atoms with Crippen molar-refractivity contribution in [2.24, 2.45) is 0 Å². The molecule has 1 heterocycles. The quantitative estimate of drug-likeness (QED) is 0.825.